The maximum absolute atomic E-state index is 8.81. The predicted octanol–water partition coefficient (Wildman–Crippen LogP) is 10.2. The molecule has 7 heteroatoms. The SMILES string of the molecule is CC.CC.CC.CC=O.CC=O.CCC.COC.Oc1ccccc1.Oc1ccccc1.Oc1ccccc1.[CH3-].[CH3-].[Y]. The summed E-state index contributed by atoms with van der Waals surface area (Å²) in [5.41, 5.74) is 0. The molecule has 3 N–H and O–H groups in total. The van der Waals surface area contributed by atoms with Gasteiger partial charge in [0.25, 0.3) is 0 Å². The minimum atomic E-state index is 0. The number of methoxy groups -OCH3 is 1. The summed E-state index contributed by atoms with van der Waals surface area (Å²) in [4.78, 5) is 17.6. The van der Waals surface area contributed by atoms with Crippen molar-refractivity contribution in [3.8, 4) is 17.2 Å². The number of carbonyl (C=O) groups excluding carboxylic acids is 2. The first kappa shape index (κ1) is 67.3. The zero-order chi connectivity index (χ0) is 32.2. The van der Waals surface area contributed by atoms with Crippen LogP contribution >= 0.6 is 0 Å². The maximum Gasteiger partial charge on any atom is 0.116 e. The zero-order valence-corrected chi connectivity index (χ0v) is 32.0. The van der Waals surface area contributed by atoms with Gasteiger partial charge in [-0.25, -0.2) is 0 Å². The van der Waals surface area contributed by atoms with Crippen LogP contribution in [0.2, 0.25) is 0 Å². The monoisotopic (exact) mass is 669 g/mol. The summed E-state index contributed by atoms with van der Waals surface area (Å²) in [6, 6.07) is 26.1. The third-order valence-electron chi connectivity index (χ3n) is 2.27. The third-order valence-corrected chi connectivity index (χ3v) is 2.27. The molecular formula is C35H64O6Y-2. The Morgan fingerprint density at radius 2 is 0.619 bits per heavy atom. The Bertz CT molecular complexity index is 616. The van der Waals surface area contributed by atoms with Crippen molar-refractivity contribution in [2.45, 2.75) is 75.7 Å². The summed E-state index contributed by atoms with van der Waals surface area (Å²) in [5.74, 6) is 0.965. The van der Waals surface area contributed by atoms with Crippen molar-refractivity contribution < 1.29 is 62.4 Å². The molecule has 0 heterocycles. The number of carbonyl (C=O) groups is 2. The van der Waals surface area contributed by atoms with Gasteiger partial charge in [-0.2, -0.15) is 0 Å². The summed E-state index contributed by atoms with van der Waals surface area (Å²) in [7, 11) is 3.25. The van der Waals surface area contributed by atoms with Gasteiger partial charge in [0.15, 0.2) is 0 Å². The van der Waals surface area contributed by atoms with Gasteiger partial charge in [0.1, 0.15) is 29.8 Å². The molecule has 0 bridgehead atoms. The summed E-state index contributed by atoms with van der Waals surface area (Å²) < 4.78 is 4.25. The van der Waals surface area contributed by atoms with Crippen LogP contribution in [0.4, 0.5) is 0 Å². The van der Waals surface area contributed by atoms with Crippen LogP contribution in [0.25, 0.3) is 0 Å². The molecule has 1 radical (unpaired) electrons. The molecule has 0 fully saturated rings. The van der Waals surface area contributed by atoms with Crippen LogP contribution in [0.1, 0.15) is 75.7 Å². The van der Waals surface area contributed by atoms with Crippen LogP contribution in [0.5, 0.6) is 17.2 Å². The standard InChI is InChI=1S/3C6H6O.C3H8.C2H6O.2C2H4O.3C2H6.2CH3.Y/c3*7-6-4-2-1-3-5-6;2*1-3-2;2*1-2-3;3*1-2;;;/h3*1-5,7H;3H2,1-2H3;1-2H3;2*2H,1H3;3*1-2H3;2*1H3;/q;;;;;;;;;;2*-1;. The van der Waals surface area contributed by atoms with Gasteiger partial charge in [-0.3, -0.25) is 0 Å². The molecule has 42 heavy (non-hydrogen) atoms. The van der Waals surface area contributed by atoms with Gasteiger partial charge in [-0.1, -0.05) is 116 Å². The van der Waals surface area contributed by atoms with Gasteiger partial charge in [0.05, 0.1) is 0 Å². The number of aromatic hydroxyl groups is 3. The summed E-state index contributed by atoms with van der Waals surface area (Å²) >= 11 is 0. The molecule has 0 aliphatic rings. The first-order valence-electron chi connectivity index (χ1n) is 13.3. The normalized spacial score (nSPS) is 6.19. The fraction of sp³-hybridized carbons (Fsp3) is 0.371. The van der Waals surface area contributed by atoms with Crippen LogP contribution in [0.15, 0.2) is 91.0 Å². The van der Waals surface area contributed by atoms with Crippen LogP contribution < -0.4 is 0 Å². The number of benzene rings is 3. The molecule has 3 rings (SSSR count). The van der Waals surface area contributed by atoms with Gasteiger partial charge < -0.3 is 44.5 Å². The molecule has 0 spiro atoms. The van der Waals surface area contributed by atoms with Crippen molar-refractivity contribution in [1.82, 2.24) is 0 Å². The topological polar surface area (TPSA) is 104 Å². The Balaban J connectivity index is -0.0000000352. The molecule has 0 aromatic heterocycles. The third kappa shape index (κ3) is 108. The zero-order valence-electron chi connectivity index (χ0n) is 29.2. The minimum Gasteiger partial charge on any atom is -0.508 e. The van der Waals surface area contributed by atoms with Gasteiger partial charge in [-0.05, 0) is 50.2 Å². The average Bonchev–Trinajstić information content (AvgIpc) is 2.96. The summed E-state index contributed by atoms with van der Waals surface area (Å²) in [5, 5.41) is 25.9. The smallest absolute Gasteiger partial charge is 0.116 e. The van der Waals surface area contributed by atoms with E-state index in [1.165, 1.54) is 20.3 Å². The second-order valence-electron chi connectivity index (χ2n) is 5.59. The number of ether oxygens (including phenoxy) is 1. The van der Waals surface area contributed by atoms with E-state index in [2.05, 4.69) is 18.6 Å². The van der Waals surface area contributed by atoms with E-state index < -0.39 is 0 Å². The molecular weight excluding hydrogens is 605 g/mol. The van der Waals surface area contributed by atoms with E-state index in [1.54, 1.807) is 87.0 Å². The van der Waals surface area contributed by atoms with Crippen molar-refractivity contribution in [2.24, 2.45) is 0 Å². The quantitative estimate of drug-likeness (QED) is 0.163. The molecule has 0 amide bonds. The molecule has 0 atom stereocenters. The number of rotatable bonds is 0. The summed E-state index contributed by atoms with van der Waals surface area (Å²) in [6.07, 6.45) is 2.75. The molecule has 3 aromatic rings. The Kier molecular flexibility index (Phi) is 133. The first-order chi connectivity index (χ1) is 18.8. The van der Waals surface area contributed by atoms with Gasteiger partial charge in [-0.15, -0.1) is 0 Å². The van der Waals surface area contributed by atoms with Gasteiger partial charge in [0.2, 0.25) is 0 Å². The average molecular weight is 670 g/mol. The Labute approximate surface area is 286 Å². The second kappa shape index (κ2) is 83.3. The fourth-order valence-corrected chi connectivity index (χ4v) is 1.28. The van der Waals surface area contributed by atoms with Gasteiger partial charge >= 0.3 is 0 Å². The Hall–Kier alpha value is -2.54. The molecule has 0 unspecified atom stereocenters. The Morgan fingerprint density at radius 1 is 0.524 bits per heavy atom. The van der Waals surface area contributed by atoms with E-state index in [-0.39, 0.29) is 47.6 Å². The van der Waals surface area contributed by atoms with Crippen molar-refractivity contribution in [3.63, 3.8) is 0 Å². The maximum atomic E-state index is 8.81. The van der Waals surface area contributed by atoms with E-state index >= 15 is 0 Å². The number of aldehydes is 2. The molecule has 0 saturated carbocycles. The predicted molar refractivity (Wildman–Crippen MR) is 184 cm³/mol. The molecule has 0 aliphatic heterocycles. The van der Waals surface area contributed by atoms with E-state index in [4.69, 9.17) is 24.9 Å². The number of phenols is 3. The fourth-order valence-electron chi connectivity index (χ4n) is 1.28. The number of phenolic OH excluding ortho intramolecular Hbond substituents is 3. The number of hydrogen-bond donors (Lipinski definition) is 3. The van der Waals surface area contributed by atoms with E-state index in [0.717, 1.165) is 12.6 Å². The van der Waals surface area contributed by atoms with E-state index in [0.29, 0.717) is 17.2 Å². The van der Waals surface area contributed by atoms with E-state index in [9.17, 15) is 0 Å². The first-order valence-corrected chi connectivity index (χ1v) is 13.3. The van der Waals surface area contributed by atoms with Crippen LogP contribution in [-0.4, -0.2) is 42.1 Å². The molecule has 0 aliphatic carbocycles. The van der Waals surface area contributed by atoms with Crippen LogP contribution in [-0.2, 0) is 47.0 Å². The molecule has 0 saturated heterocycles. The van der Waals surface area contributed by atoms with Crippen molar-refractivity contribution in [2.75, 3.05) is 14.2 Å². The van der Waals surface area contributed by atoms with Gasteiger partial charge in [0, 0.05) is 46.9 Å². The largest absolute Gasteiger partial charge is 0.508 e. The molecule has 6 nitrogen and oxygen atoms in total. The number of para-hydroxylation sites is 3. The van der Waals surface area contributed by atoms with Crippen LogP contribution in [0, 0.1) is 14.9 Å². The second-order valence-corrected chi connectivity index (χ2v) is 5.59. The minimum absolute atomic E-state index is 0. The van der Waals surface area contributed by atoms with Crippen LogP contribution in [0.3, 0.4) is 0 Å². The number of hydrogen-bond acceptors (Lipinski definition) is 6. The molecule has 245 valence electrons. The van der Waals surface area contributed by atoms with E-state index in [1.807, 2.05) is 59.7 Å². The summed E-state index contributed by atoms with van der Waals surface area (Å²) in [6.45, 7) is 19.1. The van der Waals surface area contributed by atoms with Crippen molar-refractivity contribution >= 4 is 12.6 Å². The van der Waals surface area contributed by atoms with Crippen molar-refractivity contribution in [1.29, 1.82) is 0 Å². The molecule has 3 aromatic carbocycles. The van der Waals surface area contributed by atoms with Crippen molar-refractivity contribution in [3.05, 3.63) is 106 Å². The Morgan fingerprint density at radius 3 is 0.667 bits per heavy atom.